The number of ether oxygens (including phenoxy) is 1. The van der Waals surface area contributed by atoms with E-state index in [9.17, 15) is 4.79 Å². The van der Waals surface area contributed by atoms with Crippen molar-refractivity contribution < 1.29 is 9.53 Å². The monoisotopic (exact) mass is 375 g/mol. The molecule has 1 spiro atoms. The average molecular weight is 375 g/mol. The van der Waals surface area contributed by atoms with Gasteiger partial charge in [0.25, 0.3) is 5.91 Å². The van der Waals surface area contributed by atoms with Gasteiger partial charge in [0, 0.05) is 51.4 Å². The summed E-state index contributed by atoms with van der Waals surface area (Å²) >= 11 is 1.70. The van der Waals surface area contributed by atoms with Crippen LogP contribution < -0.4 is 5.32 Å². The molecular formula is C18H25N5O2S. The second-order valence-corrected chi connectivity index (χ2v) is 8.35. The molecule has 0 bridgehead atoms. The van der Waals surface area contributed by atoms with E-state index in [0.717, 1.165) is 49.8 Å². The molecule has 2 aromatic rings. The minimum atomic E-state index is -0.0629. The Morgan fingerprint density at radius 1 is 1.50 bits per heavy atom. The van der Waals surface area contributed by atoms with Crippen molar-refractivity contribution in [3.63, 3.8) is 0 Å². The predicted octanol–water partition coefficient (Wildman–Crippen LogP) is 1.60. The Hall–Kier alpha value is -1.77. The molecule has 140 valence electrons. The van der Waals surface area contributed by atoms with Crippen molar-refractivity contribution in [2.75, 3.05) is 26.2 Å². The Kier molecular flexibility index (Phi) is 4.81. The van der Waals surface area contributed by atoms with Gasteiger partial charge in [0.1, 0.15) is 5.69 Å². The predicted molar refractivity (Wildman–Crippen MR) is 99.1 cm³/mol. The zero-order valence-electron chi connectivity index (χ0n) is 15.3. The second kappa shape index (κ2) is 7.09. The molecule has 1 unspecified atom stereocenters. The fourth-order valence-electron chi connectivity index (χ4n) is 4.12. The van der Waals surface area contributed by atoms with Crippen molar-refractivity contribution in [2.45, 2.75) is 31.9 Å². The van der Waals surface area contributed by atoms with Crippen molar-refractivity contribution in [2.24, 2.45) is 13.0 Å². The van der Waals surface area contributed by atoms with Crippen LogP contribution in [0.2, 0.25) is 0 Å². The maximum Gasteiger partial charge on any atom is 0.269 e. The Morgan fingerprint density at radius 2 is 2.35 bits per heavy atom. The van der Waals surface area contributed by atoms with E-state index in [4.69, 9.17) is 4.74 Å². The highest BCUT2D eigenvalue weighted by atomic mass is 32.1. The molecule has 2 saturated heterocycles. The first-order chi connectivity index (χ1) is 12.6. The second-order valence-electron chi connectivity index (χ2n) is 7.29. The molecule has 1 atom stereocenters. The van der Waals surface area contributed by atoms with Crippen molar-refractivity contribution >= 4 is 17.2 Å². The highest BCUT2D eigenvalue weighted by molar-refractivity contribution is 7.09. The van der Waals surface area contributed by atoms with E-state index in [2.05, 4.69) is 25.7 Å². The minimum Gasteiger partial charge on any atom is -0.372 e. The number of amides is 1. The fraction of sp³-hybridized carbons (Fsp3) is 0.611. The van der Waals surface area contributed by atoms with Gasteiger partial charge in [-0.05, 0) is 31.7 Å². The number of nitrogens with zero attached hydrogens (tertiary/aromatic N) is 4. The molecule has 4 rings (SSSR count). The summed E-state index contributed by atoms with van der Waals surface area (Å²) < 4.78 is 7.72. The summed E-state index contributed by atoms with van der Waals surface area (Å²) in [6.45, 7) is 6.37. The van der Waals surface area contributed by atoms with Crippen molar-refractivity contribution in [1.29, 1.82) is 0 Å². The van der Waals surface area contributed by atoms with Gasteiger partial charge in [-0.15, -0.1) is 11.3 Å². The first-order valence-electron chi connectivity index (χ1n) is 9.09. The van der Waals surface area contributed by atoms with E-state index in [-0.39, 0.29) is 11.5 Å². The molecule has 8 heteroatoms. The zero-order chi connectivity index (χ0) is 18.1. The Bertz CT molecular complexity index is 780. The number of carbonyl (C=O) groups is 1. The molecule has 0 radical (unpaired) electrons. The van der Waals surface area contributed by atoms with Crippen LogP contribution in [0.5, 0.6) is 0 Å². The number of thiazole rings is 1. The fourth-order valence-corrected chi connectivity index (χ4v) is 4.73. The number of rotatable bonds is 6. The van der Waals surface area contributed by atoms with Crippen LogP contribution in [0.3, 0.4) is 0 Å². The van der Waals surface area contributed by atoms with Crippen LogP contribution in [0, 0.1) is 12.8 Å². The summed E-state index contributed by atoms with van der Waals surface area (Å²) in [5.41, 5.74) is 1.72. The maximum atomic E-state index is 12.2. The third-order valence-electron chi connectivity index (χ3n) is 5.47. The highest BCUT2D eigenvalue weighted by Gasteiger charge is 2.52. The average Bonchev–Trinajstić information content (AvgIpc) is 3.28. The molecule has 2 aliphatic rings. The first kappa shape index (κ1) is 17.6. The molecule has 0 aromatic carbocycles. The van der Waals surface area contributed by atoms with Crippen LogP contribution in [0.4, 0.5) is 0 Å². The van der Waals surface area contributed by atoms with Gasteiger partial charge in [0.2, 0.25) is 0 Å². The lowest BCUT2D eigenvalue weighted by molar-refractivity contribution is -0.137. The molecular weight excluding hydrogens is 350 g/mol. The third-order valence-corrected chi connectivity index (χ3v) is 6.29. The lowest BCUT2D eigenvalue weighted by Gasteiger charge is -2.50. The SMILES string of the molecule is Cc1nc(CN2CC3(C2)OCCC3CCNC(=O)c2ccnn2C)cs1. The van der Waals surface area contributed by atoms with Gasteiger partial charge in [0.05, 0.1) is 16.3 Å². The molecule has 7 nitrogen and oxygen atoms in total. The molecule has 1 amide bonds. The molecule has 2 fully saturated rings. The van der Waals surface area contributed by atoms with Gasteiger partial charge >= 0.3 is 0 Å². The van der Waals surface area contributed by atoms with Crippen molar-refractivity contribution in [1.82, 2.24) is 25.0 Å². The van der Waals surface area contributed by atoms with Gasteiger partial charge in [-0.2, -0.15) is 5.10 Å². The minimum absolute atomic E-state index is 0.0255. The molecule has 2 aliphatic heterocycles. The highest BCUT2D eigenvalue weighted by Crippen LogP contribution is 2.42. The van der Waals surface area contributed by atoms with Gasteiger partial charge in [-0.3, -0.25) is 14.4 Å². The van der Waals surface area contributed by atoms with E-state index in [0.29, 0.717) is 18.2 Å². The van der Waals surface area contributed by atoms with Crippen LogP contribution in [-0.2, 0) is 18.3 Å². The third kappa shape index (κ3) is 3.41. The smallest absolute Gasteiger partial charge is 0.269 e. The van der Waals surface area contributed by atoms with E-state index in [1.807, 2.05) is 6.92 Å². The largest absolute Gasteiger partial charge is 0.372 e. The summed E-state index contributed by atoms with van der Waals surface area (Å²) in [4.78, 5) is 19.1. The maximum absolute atomic E-state index is 12.2. The van der Waals surface area contributed by atoms with Gasteiger partial charge in [-0.1, -0.05) is 0 Å². The van der Waals surface area contributed by atoms with E-state index < -0.39 is 0 Å². The lowest BCUT2D eigenvalue weighted by Crippen LogP contribution is -2.64. The van der Waals surface area contributed by atoms with Gasteiger partial charge in [0.15, 0.2) is 0 Å². The van der Waals surface area contributed by atoms with E-state index in [1.54, 1.807) is 35.3 Å². The Morgan fingerprint density at radius 3 is 3.04 bits per heavy atom. The summed E-state index contributed by atoms with van der Waals surface area (Å²) in [5.74, 6) is 0.440. The lowest BCUT2D eigenvalue weighted by atomic mass is 9.79. The first-order valence-corrected chi connectivity index (χ1v) is 9.97. The Labute approximate surface area is 157 Å². The number of nitrogens with one attached hydrogen (secondary N) is 1. The molecule has 2 aromatic heterocycles. The zero-order valence-corrected chi connectivity index (χ0v) is 16.1. The summed E-state index contributed by atoms with van der Waals surface area (Å²) in [5, 5.41) is 10.3. The Balaban J connectivity index is 1.25. The quantitative estimate of drug-likeness (QED) is 0.830. The van der Waals surface area contributed by atoms with E-state index >= 15 is 0 Å². The summed E-state index contributed by atoms with van der Waals surface area (Å²) in [6, 6.07) is 1.74. The molecule has 0 aliphatic carbocycles. The number of aromatic nitrogens is 3. The van der Waals surface area contributed by atoms with Crippen LogP contribution in [0.25, 0.3) is 0 Å². The topological polar surface area (TPSA) is 72.3 Å². The van der Waals surface area contributed by atoms with Crippen LogP contribution in [0.1, 0.15) is 34.0 Å². The van der Waals surface area contributed by atoms with Gasteiger partial charge < -0.3 is 10.1 Å². The number of likely N-dealkylation sites (tertiary alicyclic amines) is 1. The number of hydrogen-bond donors (Lipinski definition) is 1. The van der Waals surface area contributed by atoms with Crippen LogP contribution in [-0.4, -0.2) is 57.4 Å². The molecule has 0 saturated carbocycles. The number of carbonyl (C=O) groups excluding carboxylic acids is 1. The number of aryl methyl sites for hydroxylation is 2. The normalized spacial score (nSPS) is 21.8. The summed E-state index contributed by atoms with van der Waals surface area (Å²) in [6.07, 6.45) is 3.67. The van der Waals surface area contributed by atoms with Crippen LogP contribution in [0.15, 0.2) is 17.6 Å². The van der Waals surface area contributed by atoms with Crippen molar-refractivity contribution in [3.05, 3.63) is 34.0 Å². The summed E-state index contributed by atoms with van der Waals surface area (Å²) in [7, 11) is 1.78. The van der Waals surface area contributed by atoms with Gasteiger partial charge in [-0.25, -0.2) is 4.98 Å². The standard InChI is InChI=1S/C18H25N5O2S/c1-13-21-15(10-26-13)9-23-11-18(12-23)14(5-8-25-18)3-6-19-17(24)16-4-7-20-22(16)2/h4,7,10,14H,3,5-6,8-9,11-12H2,1-2H3,(H,19,24). The number of hydrogen-bond acceptors (Lipinski definition) is 6. The molecule has 26 heavy (non-hydrogen) atoms. The van der Waals surface area contributed by atoms with Crippen molar-refractivity contribution in [3.8, 4) is 0 Å². The molecule has 4 heterocycles. The molecule has 1 N–H and O–H groups in total. The van der Waals surface area contributed by atoms with E-state index in [1.165, 1.54) is 0 Å². The van der Waals surface area contributed by atoms with Crippen LogP contribution >= 0.6 is 11.3 Å².